The van der Waals surface area contributed by atoms with E-state index in [0.29, 0.717) is 29.4 Å². The molecule has 0 saturated carbocycles. The van der Waals surface area contributed by atoms with Crippen LogP contribution in [0.4, 0.5) is 0 Å². The number of fused-ring (bicyclic) bond motifs is 1. The average Bonchev–Trinajstić information content (AvgIpc) is 2.83. The summed E-state index contributed by atoms with van der Waals surface area (Å²) in [7, 11) is 1.58. The molecule has 0 N–H and O–H groups in total. The first-order chi connectivity index (χ1) is 10.7. The highest BCUT2D eigenvalue weighted by Gasteiger charge is 2.27. The Kier molecular flexibility index (Phi) is 3.83. The van der Waals surface area contributed by atoms with Crippen molar-refractivity contribution in [2.75, 3.05) is 13.7 Å². The molecule has 0 radical (unpaired) electrons. The molecule has 112 valence electrons. The number of carbonyl (C=O) groups is 1. The molecule has 0 aromatic heterocycles. The van der Waals surface area contributed by atoms with Crippen molar-refractivity contribution < 1.29 is 19.0 Å². The molecule has 4 nitrogen and oxygen atoms in total. The average molecular weight is 296 g/mol. The lowest BCUT2D eigenvalue weighted by Gasteiger charge is -2.04. The van der Waals surface area contributed by atoms with Crippen LogP contribution in [0.1, 0.15) is 22.8 Å². The van der Waals surface area contributed by atoms with E-state index in [-0.39, 0.29) is 5.78 Å². The highest BCUT2D eigenvalue weighted by atomic mass is 16.5. The van der Waals surface area contributed by atoms with Gasteiger partial charge in [-0.2, -0.15) is 0 Å². The number of rotatable bonds is 4. The Bertz CT molecular complexity index is 747. The molecule has 22 heavy (non-hydrogen) atoms. The standard InChI is InChI=1S/C18H16O4/c1-3-21-14-6-4-5-12(9-14)10-17-18(19)15-8-7-13(20-2)11-16(15)22-17/h4-11H,3H2,1-2H3/b17-10-. The van der Waals surface area contributed by atoms with E-state index in [0.717, 1.165) is 11.3 Å². The Morgan fingerprint density at radius 1 is 1.14 bits per heavy atom. The van der Waals surface area contributed by atoms with Gasteiger partial charge in [0.05, 0.1) is 19.3 Å². The minimum atomic E-state index is -0.125. The molecule has 0 unspecified atom stereocenters. The Morgan fingerprint density at radius 2 is 2.00 bits per heavy atom. The fourth-order valence-electron chi connectivity index (χ4n) is 2.31. The maximum absolute atomic E-state index is 12.3. The van der Waals surface area contributed by atoms with Crippen LogP contribution in [0.15, 0.2) is 48.2 Å². The summed E-state index contributed by atoms with van der Waals surface area (Å²) in [4.78, 5) is 12.3. The zero-order chi connectivity index (χ0) is 15.5. The molecule has 0 atom stereocenters. The summed E-state index contributed by atoms with van der Waals surface area (Å²) >= 11 is 0. The Hall–Kier alpha value is -2.75. The molecule has 2 aromatic carbocycles. The van der Waals surface area contributed by atoms with Gasteiger partial charge in [0, 0.05) is 6.07 Å². The fourth-order valence-corrected chi connectivity index (χ4v) is 2.31. The van der Waals surface area contributed by atoms with Crippen molar-refractivity contribution in [1.82, 2.24) is 0 Å². The fraction of sp³-hybridized carbons (Fsp3) is 0.167. The Balaban J connectivity index is 1.90. The molecular formula is C18H16O4. The van der Waals surface area contributed by atoms with Gasteiger partial charge >= 0.3 is 0 Å². The molecular weight excluding hydrogens is 280 g/mol. The predicted octanol–water partition coefficient (Wildman–Crippen LogP) is 3.71. The van der Waals surface area contributed by atoms with Gasteiger partial charge in [-0.25, -0.2) is 0 Å². The normalized spacial score (nSPS) is 14.6. The van der Waals surface area contributed by atoms with E-state index < -0.39 is 0 Å². The molecule has 4 heteroatoms. The summed E-state index contributed by atoms with van der Waals surface area (Å²) < 4.78 is 16.3. The molecule has 1 heterocycles. The largest absolute Gasteiger partial charge is 0.497 e. The summed E-state index contributed by atoms with van der Waals surface area (Å²) in [6.07, 6.45) is 1.72. The molecule has 0 bridgehead atoms. The van der Waals surface area contributed by atoms with Crippen LogP contribution < -0.4 is 14.2 Å². The second-order valence-electron chi connectivity index (χ2n) is 4.81. The van der Waals surface area contributed by atoms with E-state index in [1.54, 1.807) is 31.4 Å². The summed E-state index contributed by atoms with van der Waals surface area (Å²) in [6.45, 7) is 2.53. The summed E-state index contributed by atoms with van der Waals surface area (Å²) in [5.74, 6) is 2.13. The van der Waals surface area contributed by atoms with Crippen LogP contribution in [0.2, 0.25) is 0 Å². The maximum atomic E-state index is 12.3. The van der Waals surface area contributed by atoms with Gasteiger partial charge in [0.2, 0.25) is 5.78 Å². The van der Waals surface area contributed by atoms with Gasteiger partial charge in [0.1, 0.15) is 17.2 Å². The van der Waals surface area contributed by atoms with Crippen molar-refractivity contribution in [2.45, 2.75) is 6.92 Å². The molecule has 0 fully saturated rings. The third-order valence-corrected chi connectivity index (χ3v) is 3.34. The topological polar surface area (TPSA) is 44.8 Å². The van der Waals surface area contributed by atoms with Crippen LogP contribution in [0, 0.1) is 0 Å². The Morgan fingerprint density at radius 3 is 2.77 bits per heavy atom. The van der Waals surface area contributed by atoms with Gasteiger partial charge in [-0.05, 0) is 42.8 Å². The predicted molar refractivity (Wildman–Crippen MR) is 83.5 cm³/mol. The van der Waals surface area contributed by atoms with Gasteiger partial charge in [-0.3, -0.25) is 4.79 Å². The minimum absolute atomic E-state index is 0.125. The van der Waals surface area contributed by atoms with Crippen molar-refractivity contribution >= 4 is 11.9 Å². The van der Waals surface area contributed by atoms with Crippen LogP contribution in [0.3, 0.4) is 0 Å². The lowest BCUT2D eigenvalue weighted by Crippen LogP contribution is -1.98. The maximum Gasteiger partial charge on any atom is 0.231 e. The van der Waals surface area contributed by atoms with E-state index in [1.165, 1.54) is 0 Å². The highest BCUT2D eigenvalue weighted by molar-refractivity contribution is 6.14. The second-order valence-corrected chi connectivity index (χ2v) is 4.81. The van der Waals surface area contributed by atoms with Crippen molar-refractivity contribution in [3.8, 4) is 17.2 Å². The van der Waals surface area contributed by atoms with Crippen LogP contribution in [0.5, 0.6) is 17.2 Å². The third-order valence-electron chi connectivity index (χ3n) is 3.34. The van der Waals surface area contributed by atoms with E-state index in [4.69, 9.17) is 14.2 Å². The summed E-state index contributed by atoms with van der Waals surface area (Å²) in [5.41, 5.74) is 1.40. The van der Waals surface area contributed by atoms with Crippen molar-refractivity contribution in [1.29, 1.82) is 0 Å². The molecule has 1 aliphatic heterocycles. The Labute approximate surface area is 128 Å². The quantitative estimate of drug-likeness (QED) is 0.807. The number of ketones is 1. The van der Waals surface area contributed by atoms with Gasteiger partial charge < -0.3 is 14.2 Å². The summed E-state index contributed by atoms with van der Waals surface area (Å²) in [5, 5.41) is 0. The van der Waals surface area contributed by atoms with Crippen molar-refractivity contribution in [2.24, 2.45) is 0 Å². The monoisotopic (exact) mass is 296 g/mol. The molecule has 0 saturated heterocycles. The lowest BCUT2D eigenvalue weighted by molar-refractivity contribution is 0.101. The number of carbonyl (C=O) groups excluding carboxylic acids is 1. The number of Topliss-reactive ketones (excluding diaryl/α,β-unsaturated/α-hetero) is 1. The molecule has 2 aromatic rings. The first-order valence-electron chi connectivity index (χ1n) is 7.06. The summed E-state index contributed by atoms with van der Waals surface area (Å²) in [6, 6.07) is 12.7. The zero-order valence-electron chi connectivity index (χ0n) is 12.5. The highest BCUT2D eigenvalue weighted by Crippen LogP contribution is 2.34. The lowest BCUT2D eigenvalue weighted by atomic mass is 10.1. The first kappa shape index (κ1) is 14.2. The van der Waals surface area contributed by atoms with E-state index >= 15 is 0 Å². The number of ether oxygens (including phenoxy) is 3. The first-order valence-corrected chi connectivity index (χ1v) is 7.06. The van der Waals surface area contributed by atoms with Gasteiger partial charge in [0.25, 0.3) is 0 Å². The molecule has 1 aliphatic rings. The van der Waals surface area contributed by atoms with Gasteiger partial charge in [0.15, 0.2) is 5.76 Å². The molecule has 0 aliphatic carbocycles. The van der Waals surface area contributed by atoms with E-state index in [9.17, 15) is 4.79 Å². The number of allylic oxidation sites excluding steroid dienone is 1. The van der Waals surface area contributed by atoms with Gasteiger partial charge in [-0.15, -0.1) is 0 Å². The van der Waals surface area contributed by atoms with Crippen LogP contribution in [0.25, 0.3) is 6.08 Å². The van der Waals surface area contributed by atoms with E-state index in [1.807, 2.05) is 31.2 Å². The third kappa shape index (κ3) is 2.68. The SMILES string of the molecule is CCOc1cccc(/C=C2\Oc3cc(OC)ccc3C2=O)c1. The number of hydrogen-bond donors (Lipinski definition) is 0. The molecule has 3 rings (SSSR count). The van der Waals surface area contributed by atoms with E-state index in [2.05, 4.69) is 0 Å². The van der Waals surface area contributed by atoms with Crippen molar-refractivity contribution in [3.63, 3.8) is 0 Å². The smallest absolute Gasteiger partial charge is 0.231 e. The second kappa shape index (κ2) is 5.93. The van der Waals surface area contributed by atoms with Crippen molar-refractivity contribution in [3.05, 3.63) is 59.4 Å². The number of benzene rings is 2. The van der Waals surface area contributed by atoms with Crippen LogP contribution >= 0.6 is 0 Å². The number of hydrogen-bond acceptors (Lipinski definition) is 4. The zero-order valence-corrected chi connectivity index (χ0v) is 12.5. The number of methoxy groups -OCH3 is 1. The van der Waals surface area contributed by atoms with Crippen LogP contribution in [-0.4, -0.2) is 19.5 Å². The molecule has 0 amide bonds. The van der Waals surface area contributed by atoms with Crippen LogP contribution in [-0.2, 0) is 0 Å². The minimum Gasteiger partial charge on any atom is -0.497 e. The van der Waals surface area contributed by atoms with Gasteiger partial charge in [-0.1, -0.05) is 12.1 Å². The molecule has 0 spiro atoms.